The minimum absolute atomic E-state index is 0.0657. The van der Waals surface area contributed by atoms with Crippen LogP contribution in [0.4, 0.5) is 0 Å². The van der Waals surface area contributed by atoms with Gasteiger partial charge in [0.2, 0.25) is 11.6 Å². The molecule has 0 bridgehead atoms. The van der Waals surface area contributed by atoms with Crippen LogP contribution in [0.1, 0.15) is 103 Å². The Morgan fingerprint density at radius 1 is 0.519 bits per heavy atom. The second kappa shape index (κ2) is 14.7. The average Bonchev–Trinajstić information content (AvgIpc) is 2.67. The first-order valence-corrected chi connectivity index (χ1v) is 11.7. The third-order valence-electron chi connectivity index (χ3n) is 5.11. The summed E-state index contributed by atoms with van der Waals surface area (Å²) in [5.41, 5.74) is 0.315. The highest BCUT2D eigenvalue weighted by atomic mass is 35.5. The standard InChI is InChI=1S/C22H33Cl3O2/c1-2-3-4-5-6-7-8-9-10-11-12-13-14-15-16-17-18(23)22(27)20(25)19(24)21(17)26/h2-16H2,1H3. The molecular weight excluding hydrogens is 403 g/mol. The van der Waals surface area contributed by atoms with E-state index in [1.807, 2.05) is 0 Å². The van der Waals surface area contributed by atoms with Gasteiger partial charge in [-0.25, -0.2) is 0 Å². The van der Waals surface area contributed by atoms with Crippen molar-refractivity contribution in [3.8, 4) is 0 Å². The van der Waals surface area contributed by atoms with E-state index in [1.165, 1.54) is 70.6 Å². The van der Waals surface area contributed by atoms with Crippen LogP contribution in [0.2, 0.25) is 0 Å². The smallest absolute Gasteiger partial charge is 0.217 e. The highest BCUT2D eigenvalue weighted by molar-refractivity contribution is 6.64. The third-order valence-corrected chi connectivity index (χ3v) is 6.33. The molecule has 0 N–H and O–H groups in total. The lowest BCUT2D eigenvalue weighted by atomic mass is 9.96. The fraction of sp³-hybridized carbons (Fsp3) is 0.727. The van der Waals surface area contributed by atoms with E-state index in [-0.39, 0.29) is 15.1 Å². The molecule has 2 nitrogen and oxygen atoms in total. The molecule has 0 spiro atoms. The maximum atomic E-state index is 12.1. The molecule has 1 aliphatic rings. The summed E-state index contributed by atoms with van der Waals surface area (Å²) in [6.07, 6.45) is 18.3. The van der Waals surface area contributed by atoms with Crippen molar-refractivity contribution >= 4 is 46.4 Å². The van der Waals surface area contributed by atoms with Gasteiger partial charge in [0.05, 0.1) is 5.03 Å². The molecule has 0 radical (unpaired) electrons. The molecule has 5 heteroatoms. The van der Waals surface area contributed by atoms with Gasteiger partial charge in [-0.3, -0.25) is 9.59 Å². The Hall–Kier alpha value is -0.310. The van der Waals surface area contributed by atoms with Gasteiger partial charge >= 0.3 is 0 Å². The van der Waals surface area contributed by atoms with Crippen molar-refractivity contribution < 1.29 is 9.59 Å². The topological polar surface area (TPSA) is 34.1 Å². The highest BCUT2D eigenvalue weighted by Gasteiger charge is 2.31. The van der Waals surface area contributed by atoms with Crippen molar-refractivity contribution in [2.45, 2.75) is 103 Å². The van der Waals surface area contributed by atoms with Crippen molar-refractivity contribution in [2.24, 2.45) is 0 Å². The summed E-state index contributed by atoms with van der Waals surface area (Å²) in [5, 5.41) is -0.535. The fourth-order valence-corrected chi connectivity index (χ4v) is 4.09. The van der Waals surface area contributed by atoms with Gasteiger partial charge in [0.1, 0.15) is 10.1 Å². The molecule has 0 aromatic carbocycles. The zero-order valence-corrected chi connectivity index (χ0v) is 18.8. The van der Waals surface area contributed by atoms with Crippen LogP contribution in [0.15, 0.2) is 20.7 Å². The molecule has 0 amide bonds. The van der Waals surface area contributed by atoms with Crippen molar-refractivity contribution in [1.29, 1.82) is 0 Å². The zero-order valence-electron chi connectivity index (χ0n) is 16.6. The van der Waals surface area contributed by atoms with Crippen molar-refractivity contribution in [3.63, 3.8) is 0 Å². The maximum absolute atomic E-state index is 12.1. The van der Waals surface area contributed by atoms with Crippen molar-refractivity contribution in [3.05, 3.63) is 20.7 Å². The number of Topliss-reactive ketones (excluding diaryl/α,β-unsaturated/α-hetero) is 2. The van der Waals surface area contributed by atoms with Crippen LogP contribution < -0.4 is 0 Å². The van der Waals surface area contributed by atoms with E-state index in [2.05, 4.69) is 6.92 Å². The number of rotatable bonds is 15. The number of unbranched alkanes of at least 4 members (excludes halogenated alkanes) is 13. The summed E-state index contributed by atoms with van der Waals surface area (Å²) in [7, 11) is 0. The van der Waals surface area contributed by atoms with E-state index >= 15 is 0 Å². The SMILES string of the molecule is CCCCCCCCCCCCCCCCC1=C(Cl)C(=O)C(Cl)=C(Cl)C1=O. The Bertz CT molecular complexity index is 550. The summed E-state index contributed by atoms with van der Waals surface area (Å²) in [6.45, 7) is 2.26. The summed E-state index contributed by atoms with van der Waals surface area (Å²) in [5.74, 6) is -0.941. The van der Waals surface area contributed by atoms with E-state index in [1.54, 1.807) is 0 Å². The molecule has 0 aliphatic heterocycles. The number of hydrogen-bond donors (Lipinski definition) is 0. The largest absolute Gasteiger partial charge is 0.288 e. The Labute approximate surface area is 179 Å². The minimum Gasteiger partial charge on any atom is -0.288 e. The number of carbonyl (C=O) groups is 2. The summed E-state index contributed by atoms with van der Waals surface area (Å²) in [4.78, 5) is 23.9. The number of ketones is 2. The number of hydrogen-bond acceptors (Lipinski definition) is 2. The van der Waals surface area contributed by atoms with Crippen LogP contribution >= 0.6 is 34.8 Å². The van der Waals surface area contributed by atoms with E-state index in [0.717, 1.165) is 19.3 Å². The molecule has 0 aromatic heterocycles. The summed E-state index contributed by atoms with van der Waals surface area (Å²) < 4.78 is 0. The number of carbonyl (C=O) groups excluding carboxylic acids is 2. The van der Waals surface area contributed by atoms with Gasteiger partial charge in [0.15, 0.2) is 0 Å². The molecule has 1 aliphatic carbocycles. The molecule has 0 unspecified atom stereocenters. The Kier molecular flexibility index (Phi) is 13.4. The van der Waals surface area contributed by atoms with E-state index in [4.69, 9.17) is 34.8 Å². The summed E-state index contributed by atoms with van der Waals surface area (Å²) >= 11 is 17.5. The monoisotopic (exact) mass is 434 g/mol. The lowest BCUT2D eigenvalue weighted by molar-refractivity contribution is -0.115. The molecular formula is C22H33Cl3O2. The third kappa shape index (κ3) is 9.15. The van der Waals surface area contributed by atoms with Crippen LogP contribution in [0, 0.1) is 0 Å². The zero-order chi connectivity index (χ0) is 20.1. The Balaban J connectivity index is 2.02. The predicted molar refractivity (Wildman–Crippen MR) is 117 cm³/mol. The van der Waals surface area contributed by atoms with Crippen LogP contribution in [-0.4, -0.2) is 11.6 Å². The molecule has 154 valence electrons. The maximum Gasteiger partial charge on any atom is 0.217 e. The van der Waals surface area contributed by atoms with Crippen LogP contribution in [0.5, 0.6) is 0 Å². The number of allylic oxidation sites excluding steroid dienone is 4. The van der Waals surface area contributed by atoms with Crippen molar-refractivity contribution in [2.75, 3.05) is 0 Å². The predicted octanol–water partition coefficient (Wildman–Crippen LogP) is 8.19. The molecule has 0 saturated heterocycles. The minimum atomic E-state index is -0.539. The molecule has 27 heavy (non-hydrogen) atoms. The van der Waals surface area contributed by atoms with Crippen LogP contribution in [0.3, 0.4) is 0 Å². The van der Waals surface area contributed by atoms with E-state index in [9.17, 15) is 9.59 Å². The molecule has 0 atom stereocenters. The van der Waals surface area contributed by atoms with E-state index in [0.29, 0.717) is 12.0 Å². The molecule has 0 saturated carbocycles. The van der Waals surface area contributed by atoms with Gasteiger partial charge in [-0.1, -0.05) is 125 Å². The first-order valence-electron chi connectivity index (χ1n) is 10.5. The van der Waals surface area contributed by atoms with Crippen LogP contribution in [-0.2, 0) is 9.59 Å². The van der Waals surface area contributed by atoms with Crippen molar-refractivity contribution in [1.82, 2.24) is 0 Å². The Morgan fingerprint density at radius 2 is 0.889 bits per heavy atom. The number of halogens is 3. The molecule has 0 fully saturated rings. The Morgan fingerprint density at radius 3 is 1.33 bits per heavy atom. The fourth-order valence-electron chi connectivity index (χ4n) is 3.38. The molecule has 1 rings (SSSR count). The van der Waals surface area contributed by atoms with Gasteiger partial charge < -0.3 is 0 Å². The van der Waals surface area contributed by atoms with Gasteiger partial charge in [0, 0.05) is 5.57 Å². The lowest BCUT2D eigenvalue weighted by Crippen LogP contribution is -2.17. The molecule has 0 aromatic rings. The van der Waals surface area contributed by atoms with Gasteiger partial charge in [-0.15, -0.1) is 0 Å². The van der Waals surface area contributed by atoms with Gasteiger partial charge in [-0.05, 0) is 12.8 Å². The highest BCUT2D eigenvalue weighted by Crippen LogP contribution is 2.33. The second-order valence-corrected chi connectivity index (χ2v) is 8.56. The second-order valence-electron chi connectivity index (χ2n) is 7.42. The lowest BCUT2D eigenvalue weighted by Gasteiger charge is -2.14. The van der Waals surface area contributed by atoms with Gasteiger partial charge in [0.25, 0.3) is 0 Å². The van der Waals surface area contributed by atoms with Crippen LogP contribution in [0.25, 0.3) is 0 Å². The average molecular weight is 436 g/mol. The summed E-state index contributed by atoms with van der Waals surface area (Å²) in [6, 6.07) is 0. The molecule has 0 heterocycles. The quantitative estimate of drug-likeness (QED) is 0.192. The normalized spacial score (nSPS) is 15.3. The first kappa shape index (κ1) is 24.7. The van der Waals surface area contributed by atoms with Gasteiger partial charge in [-0.2, -0.15) is 0 Å². The van der Waals surface area contributed by atoms with E-state index < -0.39 is 11.6 Å². The first-order chi connectivity index (χ1) is 13.0.